The summed E-state index contributed by atoms with van der Waals surface area (Å²) >= 11 is 1.59. The smallest absolute Gasteiger partial charge is 0.193 e. The third kappa shape index (κ3) is 1.99. The molecule has 0 aromatic carbocycles. The number of aromatic nitrogens is 2. The van der Waals surface area contributed by atoms with Crippen LogP contribution < -0.4 is 0 Å². The second-order valence-electron chi connectivity index (χ2n) is 4.04. The van der Waals surface area contributed by atoms with Gasteiger partial charge in [0.15, 0.2) is 4.96 Å². The minimum Gasteiger partial charge on any atom is -0.469 e. The van der Waals surface area contributed by atoms with Crippen molar-refractivity contribution in [2.75, 3.05) is 0 Å². The van der Waals surface area contributed by atoms with Gasteiger partial charge in [0.05, 0.1) is 18.1 Å². The topological polar surface area (TPSA) is 50.7 Å². The molecular weight excluding hydrogens is 236 g/mol. The van der Waals surface area contributed by atoms with E-state index in [1.165, 1.54) is 0 Å². The lowest BCUT2D eigenvalue weighted by molar-refractivity contribution is 0.176. The monoisotopic (exact) mass is 248 g/mol. The van der Waals surface area contributed by atoms with Crippen LogP contribution in [0.2, 0.25) is 0 Å². The molecule has 88 valence electrons. The maximum Gasteiger partial charge on any atom is 0.193 e. The van der Waals surface area contributed by atoms with Crippen molar-refractivity contribution in [1.29, 1.82) is 0 Å². The van der Waals surface area contributed by atoms with E-state index in [0.717, 1.165) is 22.0 Å². The number of imidazole rings is 1. The Bertz CT molecular complexity index is 609. The Morgan fingerprint density at radius 3 is 3.18 bits per heavy atom. The first kappa shape index (κ1) is 10.6. The van der Waals surface area contributed by atoms with E-state index >= 15 is 0 Å². The van der Waals surface area contributed by atoms with Gasteiger partial charge in [-0.15, -0.1) is 11.3 Å². The number of rotatable bonds is 3. The summed E-state index contributed by atoms with van der Waals surface area (Å²) in [6, 6.07) is 1.85. The highest BCUT2D eigenvalue weighted by Gasteiger charge is 2.13. The van der Waals surface area contributed by atoms with Gasteiger partial charge in [0, 0.05) is 29.8 Å². The highest BCUT2D eigenvalue weighted by molar-refractivity contribution is 7.15. The lowest BCUT2D eigenvalue weighted by Crippen LogP contribution is -2.00. The normalized spacial score (nSPS) is 13.3. The Balaban J connectivity index is 1.80. The highest BCUT2D eigenvalue weighted by Crippen LogP contribution is 2.21. The molecule has 1 unspecified atom stereocenters. The van der Waals surface area contributed by atoms with Gasteiger partial charge >= 0.3 is 0 Å². The lowest BCUT2D eigenvalue weighted by Gasteiger charge is -2.04. The number of aliphatic hydroxyl groups excluding tert-OH is 1. The van der Waals surface area contributed by atoms with Crippen LogP contribution in [0.15, 0.2) is 34.5 Å². The number of fused-ring (bicyclic) bond motifs is 1. The first-order valence-corrected chi connectivity index (χ1v) is 6.24. The first-order chi connectivity index (χ1) is 8.22. The quantitative estimate of drug-likeness (QED) is 0.775. The van der Waals surface area contributed by atoms with Gasteiger partial charge in [-0.05, 0) is 13.0 Å². The van der Waals surface area contributed by atoms with Crippen LogP contribution >= 0.6 is 11.3 Å². The van der Waals surface area contributed by atoms with Gasteiger partial charge in [-0.1, -0.05) is 0 Å². The number of aliphatic hydroxyl groups is 1. The van der Waals surface area contributed by atoms with Gasteiger partial charge in [0.25, 0.3) is 0 Å². The van der Waals surface area contributed by atoms with E-state index in [1.54, 1.807) is 17.6 Å². The zero-order valence-corrected chi connectivity index (χ0v) is 10.1. The molecule has 4 nitrogen and oxygen atoms in total. The molecular formula is C12H12N2O2S. The summed E-state index contributed by atoms with van der Waals surface area (Å²) in [6.07, 6.45) is 5.45. The van der Waals surface area contributed by atoms with Crippen molar-refractivity contribution in [3.05, 3.63) is 47.1 Å². The van der Waals surface area contributed by atoms with Crippen molar-refractivity contribution >= 4 is 16.3 Å². The zero-order chi connectivity index (χ0) is 11.8. The molecule has 3 aromatic rings. The van der Waals surface area contributed by atoms with Crippen LogP contribution in [0.4, 0.5) is 0 Å². The fourth-order valence-corrected chi connectivity index (χ4v) is 2.55. The average molecular weight is 248 g/mol. The molecule has 0 aliphatic rings. The molecule has 3 aromatic heterocycles. The molecule has 0 aliphatic carbocycles. The molecule has 3 heterocycles. The maximum absolute atomic E-state index is 10.0. The molecule has 0 fully saturated rings. The Labute approximate surface area is 102 Å². The standard InChI is InChI=1S/C12H12N2O2S/c1-8-4-9(7-16-8)11(15)5-10-6-14-2-3-17-12(14)13-10/h2-4,6-7,11,15H,5H2,1H3. The van der Waals surface area contributed by atoms with E-state index in [2.05, 4.69) is 4.98 Å². The fourth-order valence-electron chi connectivity index (χ4n) is 1.83. The molecule has 0 bridgehead atoms. The van der Waals surface area contributed by atoms with E-state index in [4.69, 9.17) is 4.42 Å². The third-order valence-electron chi connectivity index (χ3n) is 2.68. The Kier molecular flexibility index (Phi) is 2.49. The van der Waals surface area contributed by atoms with Gasteiger partial charge < -0.3 is 9.52 Å². The van der Waals surface area contributed by atoms with E-state index in [1.807, 2.05) is 35.2 Å². The van der Waals surface area contributed by atoms with Crippen molar-refractivity contribution < 1.29 is 9.52 Å². The number of nitrogens with zero attached hydrogens (tertiary/aromatic N) is 2. The molecule has 0 amide bonds. The highest BCUT2D eigenvalue weighted by atomic mass is 32.1. The maximum atomic E-state index is 10.0. The van der Waals surface area contributed by atoms with Crippen LogP contribution in [0.3, 0.4) is 0 Å². The van der Waals surface area contributed by atoms with Gasteiger partial charge in [-0.3, -0.25) is 4.40 Å². The summed E-state index contributed by atoms with van der Waals surface area (Å²) < 4.78 is 7.15. The molecule has 1 atom stereocenters. The van der Waals surface area contributed by atoms with Crippen LogP contribution in [-0.4, -0.2) is 14.5 Å². The third-order valence-corrected chi connectivity index (χ3v) is 3.45. The number of hydrogen-bond donors (Lipinski definition) is 1. The Morgan fingerprint density at radius 1 is 1.59 bits per heavy atom. The Hall–Kier alpha value is -1.59. The van der Waals surface area contributed by atoms with Crippen LogP contribution in [0, 0.1) is 6.92 Å². The van der Waals surface area contributed by atoms with Crippen molar-refractivity contribution in [2.45, 2.75) is 19.4 Å². The van der Waals surface area contributed by atoms with Crippen LogP contribution in [-0.2, 0) is 6.42 Å². The first-order valence-electron chi connectivity index (χ1n) is 5.36. The molecule has 3 rings (SSSR count). The number of thiazole rings is 1. The summed E-state index contributed by atoms with van der Waals surface area (Å²) in [5.74, 6) is 0.810. The average Bonchev–Trinajstić information content (AvgIpc) is 2.92. The number of aryl methyl sites for hydroxylation is 1. The summed E-state index contributed by atoms with van der Waals surface area (Å²) in [6.45, 7) is 1.86. The van der Waals surface area contributed by atoms with Crippen molar-refractivity contribution in [3.63, 3.8) is 0 Å². The summed E-state index contributed by atoms with van der Waals surface area (Å²) in [7, 11) is 0. The second kappa shape index (κ2) is 4.01. The molecule has 0 radical (unpaired) electrons. The van der Waals surface area contributed by atoms with Gasteiger partial charge in [0.2, 0.25) is 0 Å². The molecule has 0 saturated heterocycles. The Morgan fingerprint density at radius 2 is 2.47 bits per heavy atom. The van der Waals surface area contributed by atoms with Crippen LogP contribution in [0.5, 0.6) is 0 Å². The lowest BCUT2D eigenvalue weighted by atomic mass is 10.1. The minimum atomic E-state index is -0.558. The van der Waals surface area contributed by atoms with E-state index in [9.17, 15) is 5.11 Å². The largest absolute Gasteiger partial charge is 0.469 e. The van der Waals surface area contributed by atoms with Crippen molar-refractivity contribution in [3.8, 4) is 0 Å². The SMILES string of the molecule is Cc1cc(C(O)Cc2cn3ccsc3n2)co1. The number of hydrogen-bond acceptors (Lipinski definition) is 4. The van der Waals surface area contributed by atoms with Crippen LogP contribution in [0.1, 0.15) is 23.1 Å². The van der Waals surface area contributed by atoms with Crippen LogP contribution in [0.25, 0.3) is 4.96 Å². The predicted molar refractivity (Wildman–Crippen MR) is 65.2 cm³/mol. The second-order valence-corrected chi connectivity index (χ2v) is 4.91. The molecule has 0 saturated carbocycles. The van der Waals surface area contributed by atoms with Gasteiger partial charge in [-0.25, -0.2) is 4.98 Å². The zero-order valence-electron chi connectivity index (χ0n) is 9.33. The van der Waals surface area contributed by atoms with E-state index in [0.29, 0.717) is 6.42 Å². The van der Waals surface area contributed by atoms with Crippen molar-refractivity contribution in [1.82, 2.24) is 9.38 Å². The molecule has 0 aliphatic heterocycles. The molecule has 5 heteroatoms. The summed E-state index contributed by atoms with van der Waals surface area (Å²) in [5.41, 5.74) is 1.70. The van der Waals surface area contributed by atoms with E-state index < -0.39 is 6.10 Å². The number of furan rings is 1. The molecule has 1 N–H and O–H groups in total. The fraction of sp³-hybridized carbons (Fsp3) is 0.250. The molecule has 17 heavy (non-hydrogen) atoms. The molecule has 0 spiro atoms. The summed E-state index contributed by atoms with van der Waals surface area (Å²) in [4.78, 5) is 5.39. The van der Waals surface area contributed by atoms with E-state index in [-0.39, 0.29) is 0 Å². The predicted octanol–water partition coefficient (Wildman–Crippen LogP) is 2.57. The van der Waals surface area contributed by atoms with Gasteiger partial charge in [-0.2, -0.15) is 0 Å². The minimum absolute atomic E-state index is 0.507. The van der Waals surface area contributed by atoms with Gasteiger partial charge in [0.1, 0.15) is 5.76 Å². The van der Waals surface area contributed by atoms with Crippen molar-refractivity contribution in [2.24, 2.45) is 0 Å². The summed E-state index contributed by atoms with van der Waals surface area (Å²) in [5, 5.41) is 12.0.